The third kappa shape index (κ3) is 7.36. The highest BCUT2D eigenvalue weighted by Crippen LogP contribution is 2.19. The summed E-state index contributed by atoms with van der Waals surface area (Å²) in [5, 5.41) is 6.40. The molecule has 0 unspecified atom stereocenters. The van der Waals surface area contributed by atoms with Crippen LogP contribution in [0.5, 0.6) is 0 Å². The van der Waals surface area contributed by atoms with E-state index in [4.69, 9.17) is 0 Å². The number of nitrogens with one attached hydrogen (secondary N) is 2. The van der Waals surface area contributed by atoms with Crippen LogP contribution in [0, 0.1) is 0 Å². The summed E-state index contributed by atoms with van der Waals surface area (Å²) in [4.78, 5) is 18.9. The minimum atomic E-state index is -0.0372. The zero-order valence-electron chi connectivity index (χ0n) is 18.9. The second-order valence-corrected chi connectivity index (χ2v) is 7.58. The standard InChI is InChI=1S/C27H32N4O/c1-3-31(4-2)20-6-17-29-27(32)24-7-5-8-26(21-24)30-25-13-11-22(12-14-25)9-10-23-15-18-28-19-16-23/h5,7-16,18-19,21,30H,3-4,6,17,20H2,1-2H3,(H,29,32)/b10-9+. The van der Waals surface area contributed by atoms with E-state index >= 15 is 0 Å². The molecule has 2 aromatic carbocycles. The minimum absolute atomic E-state index is 0.0372. The number of pyridine rings is 1. The molecule has 5 nitrogen and oxygen atoms in total. The van der Waals surface area contributed by atoms with E-state index in [-0.39, 0.29) is 5.91 Å². The van der Waals surface area contributed by atoms with Crippen LogP contribution < -0.4 is 10.6 Å². The summed E-state index contributed by atoms with van der Waals surface area (Å²) in [6.07, 6.45) is 8.66. The summed E-state index contributed by atoms with van der Waals surface area (Å²) in [5.41, 5.74) is 4.76. The SMILES string of the molecule is CCN(CC)CCCNC(=O)c1cccc(Nc2ccc(/C=C/c3ccncc3)cc2)c1. The van der Waals surface area contributed by atoms with Crippen molar-refractivity contribution in [3.8, 4) is 0 Å². The van der Waals surface area contributed by atoms with Crippen molar-refractivity contribution in [1.82, 2.24) is 15.2 Å². The summed E-state index contributed by atoms with van der Waals surface area (Å²) in [6, 6.07) is 19.7. The van der Waals surface area contributed by atoms with Gasteiger partial charge >= 0.3 is 0 Å². The number of aromatic nitrogens is 1. The number of hydrogen-bond acceptors (Lipinski definition) is 4. The number of nitrogens with zero attached hydrogens (tertiary/aromatic N) is 2. The topological polar surface area (TPSA) is 57.3 Å². The fourth-order valence-electron chi connectivity index (χ4n) is 3.40. The first-order chi connectivity index (χ1) is 15.7. The molecule has 166 valence electrons. The van der Waals surface area contributed by atoms with E-state index in [0.717, 1.165) is 48.6 Å². The molecule has 0 radical (unpaired) electrons. The van der Waals surface area contributed by atoms with Crippen LogP contribution in [0.25, 0.3) is 12.2 Å². The molecule has 5 heteroatoms. The van der Waals surface area contributed by atoms with Crippen molar-refractivity contribution in [2.75, 3.05) is 31.5 Å². The molecule has 0 aliphatic heterocycles. The zero-order valence-corrected chi connectivity index (χ0v) is 18.9. The quantitative estimate of drug-likeness (QED) is 0.398. The van der Waals surface area contributed by atoms with Gasteiger partial charge in [0.2, 0.25) is 0 Å². The van der Waals surface area contributed by atoms with Gasteiger partial charge in [0, 0.05) is 35.9 Å². The van der Waals surface area contributed by atoms with Crippen LogP contribution in [0.15, 0.2) is 73.1 Å². The Kier molecular flexibility index (Phi) is 9.02. The van der Waals surface area contributed by atoms with Gasteiger partial charge in [0.25, 0.3) is 5.91 Å². The van der Waals surface area contributed by atoms with Crippen molar-refractivity contribution >= 4 is 29.4 Å². The summed E-state index contributed by atoms with van der Waals surface area (Å²) in [6.45, 7) is 8.09. The van der Waals surface area contributed by atoms with Crippen molar-refractivity contribution in [3.63, 3.8) is 0 Å². The fourth-order valence-corrected chi connectivity index (χ4v) is 3.40. The van der Waals surface area contributed by atoms with E-state index in [1.165, 1.54) is 0 Å². The predicted octanol–water partition coefficient (Wildman–Crippen LogP) is 5.46. The molecule has 0 aliphatic carbocycles. The molecule has 0 saturated heterocycles. The van der Waals surface area contributed by atoms with Crippen LogP contribution in [0.4, 0.5) is 11.4 Å². The predicted molar refractivity (Wildman–Crippen MR) is 134 cm³/mol. The lowest BCUT2D eigenvalue weighted by Crippen LogP contribution is -2.29. The van der Waals surface area contributed by atoms with Crippen LogP contribution in [0.2, 0.25) is 0 Å². The van der Waals surface area contributed by atoms with E-state index in [1.54, 1.807) is 12.4 Å². The van der Waals surface area contributed by atoms with Crippen molar-refractivity contribution in [2.45, 2.75) is 20.3 Å². The van der Waals surface area contributed by atoms with E-state index < -0.39 is 0 Å². The Morgan fingerprint density at radius 2 is 1.59 bits per heavy atom. The van der Waals surface area contributed by atoms with Gasteiger partial charge in [-0.15, -0.1) is 0 Å². The molecule has 0 bridgehead atoms. The van der Waals surface area contributed by atoms with Crippen molar-refractivity contribution in [2.24, 2.45) is 0 Å². The van der Waals surface area contributed by atoms with Crippen LogP contribution in [0.1, 0.15) is 41.8 Å². The number of hydrogen-bond donors (Lipinski definition) is 2. The molecule has 0 saturated carbocycles. The zero-order chi connectivity index (χ0) is 22.6. The fraction of sp³-hybridized carbons (Fsp3) is 0.259. The first-order valence-electron chi connectivity index (χ1n) is 11.2. The summed E-state index contributed by atoms with van der Waals surface area (Å²) in [7, 11) is 0. The molecule has 3 rings (SSSR count). The van der Waals surface area contributed by atoms with Crippen LogP contribution in [-0.2, 0) is 0 Å². The van der Waals surface area contributed by atoms with Crippen LogP contribution in [-0.4, -0.2) is 42.0 Å². The largest absolute Gasteiger partial charge is 0.356 e. The monoisotopic (exact) mass is 428 g/mol. The molecule has 1 amide bonds. The maximum Gasteiger partial charge on any atom is 0.251 e. The van der Waals surface area contributed by atoms with Crippen molar-refractivity contribution in [3.05, 3.63) is 89.7 Å². The number of benzene rings is 2. The van der Waals surface area contributed by atoms with Gasteiger partial charge in [0.15, 0.2) is 0 Å². The molecule has 3 aromatic rings. The van der Waals surface area contributed by atoms with Gasteiger partial charge in [0.1, 0.15) is 0 Å². The van der Waals surface area contributed by atoms with E-state index in [2.05, 4.69) is 58.6 Å². The van der Waals surface area contributed by atoms with Gasteiger partial charge in [-0.3, -0.25) is 9.78 Å². The smallest absolute Gasteiger partial charge is 0.251 e. The average Bonchev–Trinajstić information content (AvgIpc) is 2.84. The molecular formula is C27H32N4O. The molecule has 0 spiro atoms. The Labute approximate surface area is 191 Å². The molecular weight excluding hydrogens is 396 g/mol. The normalized spacial score (nSPS) is 11.1. The first-order valence-corrected chi connectivity index (χ1v) is 11.2. The Balaban J connectivity index is 1.52. The molecule has 0 aliphatic rings. The average molecular weight is 429 g/mol. The maximum atomic E-state index is 12.5. The molecule has 0 fully saturated rings. The number of carbonyl (C=O) groups excluding carboxylic acids is 1. The maximum absolute atomic E-state index is 12.5. The first kappa shape index (κ1) is 23.2. The number of carbonyl (C=O) groups is 1. The number of anilines is 2. The lowest BCUT2D eigenvalue weighted by Gasteiger charge is -2.17. The second-order valence-electron chi connectivity index (χ2n) is 7.58. The van der Waals surface area contributed by atoms with Crippen LogP contribution in [0.3, 0.4) is 0 Å². The van der Waals surface area contributed by atoms with E-state index in [1.807, 2.05) is 48.5 Å². The van der Waals surface area contributed by atoms with Crippen molar-refractivity contribution < 1.29 is 4.79 Å². The lowest BCUT2D eigenvalue weighted by atomic mass is 10.1. The number of rotatable bonds is 11. The lowest BCUT2D eigenvalue weighted by molar-refractivity contribution is 0.0952. The van der Waals surface area contributed by atoms with E-state index in [9.17, 15) is 4.79 Å². The van der Waals surface area contributed by atoms with Gasteiger partial charge < -0.3 is 15.5 Å². The van der Waals surface area contributed by atoms with Crippen molar-refractivity contribution in [1.29, 1.82) is 0 Å². The minimum Gasteiger partial charge on any atom is -0.356 e. The molecule has 32 heavy (non-hydrogen) atoms. The Bertz CT molecular complexity index is 996. The summed E-state index contributed by atoms with van der Waals surface area (Å²) >= 11 is 0. The highest BCUT2D eigenvalue weighted by atomic mass is 16.1. The highest BCUT2D eigenvalue weighted by Gasteiger charge is 2.06. The molecule has 1 heterocycles. The third-order valence-corrected chi connectivity index (χ3v) is 5.33. The Morgan fingerprint density at radius 1 is 0.906 bits per heavy atom. The molecule has 2 N–H and O–H groups in total. The third-order valence-electron chi connectivity index (χ3n) is 5.33. The van der Waals surface area contributed by atoms with Gasteiger partial charge in [0.05, 0.1) is 0 Å². The second kappa shape index (κ2) is 12.4. The summed E-state index contributed by atoms with van der Waals surface area (Å²) < 4.78 is 0. The highest BCUT2D eigenvalue weighted by molar-refractivity contribution is 5.95. The van der Waals surface area contributed by atoms with Gasteiger partial charge in [-0.2, -0.15) is 0 Å². The summed E-state index contributed by atoms with van der Waals surface area (Å²) in [5.74, 6) is -0.0372. The van der Waals surface area contributed by atoms with Gasteiger partial charge in [-0.05, 0) is 79.6 Å². The van der Waals surface area contributed by atoms with Gasteiger partial charge in [-0.1, -0.05) is 44.2 Å². The van der Waals surface area contributed by atoms with Gasteiger partial charge in [-0.25, -0.2) is 0 Å². The molecule has 0 atom stereocenters. The Morgan fingerprint density at radius 3 is 2.28 bits per heavy atom. The Hall–Kier alpha value is -3.44. The van der Waals surface area contributed by atoms with E-state index in [0.29, 0.717) is 12.1 Å². The molecule has 1 aromatic heterocycles. The number of amides is 1. The van der Waals surface area contributed by atoms with Crippen LogP contribution >= 0.6 is 0 Å².